The second-order valence-corrected chi connectivity index (χ2v) is 11.2. The number of rotatable bonds is 10. The standard InChI is InChI=1S/C32H38O7/c1-21(2)5-15-27-31(3,39-27)30-29(35-4)26(17-18-32(30)20-36-32)38-28(34)16-10-22-6-11-24(12-7-22)37-25-13-8-23(19-33)9-14-25/h5-14,16,26-27,29-30,33H,15,17-20H2,1-4H3/b16-10+/t26-,27-,29-,30-,31+,32+/m1/s1. The zero-order chi connectivity index (χ0) is 27.6. The number of allylic oxidation sites excluding steroid dienone is 1. The van der Waals surface area contributed by atoms with Crippen molar-refractivity contribution in [2.75, 3.05) is 13.7 Å². The van der Waals surface area contributed by atoms with Crippen LogP contribution in [0.3, 0.4) is 0 Å². The molecule has 2 aromatic rings. The maximum absolute atomic E-state index is 12.8. The summed E-state index contributed by atoms with van der Waals surface area (Å²) in [4.78, 5) is 12.8. The Morgan fingerprint density at radius 3 is 2.36 bits per heavy atom. The first-order valence-electron chi connectivity index (χ1n) is 13.6. The summed E-state index contributed by atoms with van der Waals surface area (Å²) in [7, 11) is 1.68. The van der Waals surface area contributed by atoms with Crippen LogP contribution in [0.15, 0.2) is 66.3 Å². The average Bonchev–Trinajstić information content (AvgIpc) is 3.85. The number of hydrogen-bond acceptors (Lipinski definition) is 7. The van der Waals surface area contributed by atoms with Crippen LogP contribution in [-0.2, 0) is 30.3 Å². The Bertz CT molecular complexity index is 1210. The average molecular weight is 535 g/mol. The smallest absolute Gasteiger partial charge is 0.331 e. The largest absolute Gasteiger partial charge is 0.457 e. The zero-order valence-corrected chi connectivity index (χ0v) is 23.1. The maximum atomic E-state index is 12.8. The molecule has 39 heavy (non-hydrogen) atoms. The fourth-order valence-corrected chi connectivity index (χ4v) is 5.87. The summed E-state index contributed by atoms with van der Waals surface area (Å²) in [6.45, 7) is 7.01. The highest BCUT2D eigenvalue weighted by atomic mass is 16.6. The zero-order valence-electron chi connectivity index (χ0n) is 23.1. The van der Waals surface area contributed by atoms with E-state index in [4.69, 9.17) is 28.8 Å². The van der Waals surface area contributed by atoms with Crippen molar-refractivity contribution in [2.24, 2.45) is 5.92 Å². The molecule has 1 saturated carbocycles. The lowest BCUT2D eigenvalue weighted by Crippen LogP contribution is -2.55. The molecule has 5 rings (SSSR count). The minimum absolute atomic E-state index is 0.00272. The molecule has 2 heterocycles. The number of aliphatic hydroxyl groups excluding tert-OH is 1. The second kappa shape index (κ2) is 11.3. The number of carbonyl (C=O) groups is 1. The molecule has 0 radical (unpaired) electrons. The third-order valence-electron chi connectivity index (χ3n) is 8.14. The van der Waals surface area contributed by atoms with E-state index in [0.29, 0.717) is 24.5 Å². The molecular formula is C32H38O7. The monoisotopic (exact) mass is 534 g/mol. The summed E-state index contributed by atoms with van der Waals surface area (Å²) in [5.41, 5.74) is 2.33. The van der Waals surface area contributed by atoms with Gasteiger partial charge in [-0.3, -0.25) is 0 Å². The first-order valence-corrected chi connectivity index (χ1v) is 13.6. The number of hydrogen-bond donors (Lipinski definition) is 1. The lowest BCUT2D eigenvalue weighted by atomic mass is 9.68. The number of esters is 1. The molecule has 0 unspecified atom stereocenters. The highest BCUT2D eigenvalue weighted by Crippen LogP contribution is 2.59. The molecule has 2 aromatic carbocycles. The lowest BCUT2D eigenvalue weighted by Gasteiger charge is -2.42. The minimum atomic E-state index is -0.402. The molecule has 7 heteroatoms. The van der Waals surface area contributed by atoms with Crippen LogP contribution in [-0.4, -0.2) is 54.3 Å². The van der Waals surface area contributed by atoms with E-state index in [1.165, 1.54) is 11.6 Å². The van der Waals surface area contributed by atoms with Crippen molar-refractivity contribution in [3.63, 3.8) is 0 Å². The fourth-order valence-electron chi connectivity index (χ4n) is 5.87. The van der Waals surface area contributed by atoms with Crippen LogP contribution >= 0.6 is 0 Å². The van der Waals surface area contributed by atoms with Gasteiger partial charge in [-0.05, 0) is 81.5 Å². The van der Waals surface area contributed by atoms with Crippen molar-refractivity contribution < 1.29 is 33.6 Å². The predicted molar refractivity (Wildman–Crippen MR) is 147 cm³/mol. The van der Waals surface area contributed by atoms with Gasteiger partial charge in [-0.2, -0.15) is 0 Å². The number of benzene rings is 2. The van der Waals surface area contributed by atoms with E-state index in [2.05, 4.69) is 26.8 Å². The Balaban J connectivity index is 1.19. The van der Waals surface area contributed by atoms with E-state index in [1.807, 2.05) is 48.5 Å². The van der Waals surface area contributed by atoms with Crippen LogP contribution < -0.4 is 4.74 Å². The Kier molecular flexibility index (Phi) is 7.96. The summed E-state index contributed by atoms with van der Waals surface area (Å²) < 4.78 is 30.0. The third kappa shape index (κ3) is 6.12. The lowest BCUT2D eigenvalue weighted by molar-refractivity contribution is -0.166. The molecule has 7 nitrogen and oxygen atoms in total. The minimum Gasteiger partial charge on any atom is -0.457 e. The van der Waals surface area contributed by atoms with Crippen LogP contribution in [0.1, 0.15) is 51.2 Å². The quantitative estimate of drug-likeness (QED) is 0.184. The molecule has 2 saturated heterocycles. The van der Waals surface area contributed by atoms with Crippen molar-refractivity contribution in [3.05, 3.63) is 77.4 Å². The molecule has 0 aromatic heterocycles. The van der Waals surface area contributed by atoms with E-state index >= 15 is 0 Å². The topological polar surface area (TPSA) is 90.1 Å². The third-order valence-corrected chi connectivity index (χ3v) is 8.14. The summed E-state index contributed by atoms with van der Waals surface area (Å²) in [6, 6.07) is 14.7. The van der Waals surface area contributed by atoms with Gasteiger partial charge in [0.25, 0.3) is 0 Å². The molecule has 0 bridgehead atoms. The molecule has 3 aliphatic rings. The van der Waals surface area contributed by atoms with Crippen molar-refractivity contribution >= 4 is 12.0 Å². The van der Waals surface area contributed by atoms with E-state index < -0.39 is 5.97 Å². The van der Waals surface area contributed by atoms with Crippen LogP contribution in [0.2, 0.25) is 0 Å². The Morgan fingerprint density at radius 1 is 1.10 bits per heavy atom. The Hall–Kier alpha value is -2.97. The summed E-state index contributed by atoms with van der Waals surface area (Å²) in [5.74, 6) is 0.955. The molecule has 0 amide bonds. The van der Waals surface area contributed by atoms with Gasteiger partial charge in [-0.15, -0.1) is 0 Å². The van der Waals surface area contributed by atoms with Crippen molar-refractivity contribution in [1.29, 1.82) is 0 Å². The number of ether oxygens (including phenoxy) is 5. The summed E-state index contributed by atoms with van der Waals surface area (Å²) in [6.07, 6.45) is 7.19. The van der Waals surface area contributed by atoms with Crippen molar-refractivity contribution in [3.8, 4) is 11.5 Å². The van der Waals surface area contributed by atoms with E-state index in [-0.39, 0.29) is 42.0 Å². The number of methoxy groups -OCH3 is 1. The molecule has 6 atom stereocenters. The van der Waals surface area contributed by atoms with Gasteiger partial charge >= 0.3 is 5.97 Å². The van der Waals surface area contributed by atoms with Gasteiger partial charge in [-0.1, -0.05) is 35.9 Å². The van der Waals surface area contributed by atoms with Gasteiger partial charge < -0.3 is 28.8 Å². The van der Waals surface area contributed by atoms with Gasteiger partial charge in [0.05, 0.1) is 25.2 Å². The molecular weight excluding hydrogens is 496 g/mol. The van der Waals surface area contributed by atoms with Gasteiger partial charge in [0.2, 0.25) is 0 Å². The van der Waals surface area contributed by atoms with Crippen LogP contribution in [0.4, 0.5) is 0 Å². The second-order valence-electron chi connectivity index (χ2n) is 11.2. The van der Waals surface area contributed by atoms with Gasteiger partial charge in [0.15, 0.2) is 0 Å². The van der Waals surface area contributed by atoms with E-state index in [9.17, 15) is 4.79 Å². The van der Waals surface area contributed by atoms with Crippen LogP contribution in [0.5, 0.6) is 11.5 Å². The van der Waals surface area contributed by atoms with Crippen molar-refractivity contribution in [2.45, 2.75) is 76.2 Å². The van der Waals surface area contributed by atoms with E-state index in [0.717, 1.165) is 24.0 Å². The Labute approximate surface area is 230 Å². The highest BCUT2D eigenvalue weighted by Gasteiger charge is 2.72. The summed E-state index contributed by atoms with van der Waals surface area (Å²) in [5, 5.41) is 9.17. The molecule has 1 N–H and O–H groups in total. The SMILES string of the molecule is CO[C@@H]1[C@H](OC(=O)/C=C/c2ccc(Oc3ccc(CO)cc3)cc2)CC[C@]2(CO2)[C@H]1[C@@]1(C)O[C@@H]1CC=C(C)C. The molecule has 3 fully saturated rings. The fraction of sp³-hybridized carbons (Fsp3) is 0.469. The van der Waals surface area contributed by atoms with Crippen molar-refractivity contribution in [1.82, 2.24) is 0 Å². The molecule has 208 valence electrons. The maximum Gasteiger partial charge on any atom is 0.331 e. The van der Waals surface area contributed by atoms with Crippen LogP contribution in [0.25, 0.3) is 6.08 Å². The molecule has 2 aliphatic heterocycles. The van der Waals surface area contributed by atoms with Gasteiger partial charge in [0, 0.05) is 13.2 Å². The Morgan fingerprint density at radius 2 is 1.77 bits per heavy atom. The number of carbonyl (C=O) groups excluding carboxylic acids is 1. The molecule has 1 spiro atoms. The normalized spacial score (nSPS) is 31.2. The predicted octanol–water partition coefficient (Wildman–Crippen LogP) is 5.60. The summed E-state index contributed by atoms with van der Waals surface area (Å²) >= 11 is 0. The van der Waals surface area contributed by atoms with Gasteiger partial charge in [0.1, 0.15) is 34.9 Å². The molecule has 1 aliphatic carbocycles. The van der Waals surface area contributed by atoms with Gasteiger partial charge in [-0.25, -0.2) is 4.79 Å². The first-order chi connectivity index (χ1) is 18.8. The number of epoxide rings is 2. The van der Waals surface area contributed by atoms with Crippen LogP contribution in [0, 0.1) is 5.92 Å². The first kappa shape index (κ1) is 27.6. The van der Waals surface area contributed by atoms with E-state index in [1.54, 1.807) is 13.2 Å². The number of aliphatic hydroxyl groups is 1. The highest BCUT2D eigenvalue weighted by molar-refractivity contribution is 5.87.